The number of rotatable bonds is 3. The van der Waals surface area contributed by atoms with Crippen LogP contribution >= 0.6 is 12.2 Å². The zero-order valence-electron chi connectivity index (χ0n) is 11.1. The molecule has 3 heterocycles. The SMILES string of the molecule is COc1ncnc2c1[nH]c(=S)n2Cc1ncccc1C. The van der Waals surface area contributed by atoms with Crippen molar-refractivity contribution in [3.8, 4) is 5.88 Å². The van der Waals surface area contributed by atoms with Crippen molar-refractivity contribution in [2.24, 2.45) is 0 Å². The third kappa shape index (κ3) is 2.05. The Bertz CT molecular complexity index is 823. The van der Waals surface area contributed by atoms with E-state index in [1.165, 1.54) is 6.33 Å². The molecule has 3 aromatic rings. The van der Waals surface area contributed by atoms with E-state index in [0.29, 0.717) is 28.4 Å². The Morgan fingerprint density at radius 1 is 1.35 bits per heavy atom. The molecule has 0 unspecified atom stereocenters. The molecule has 0 aromatic carbocycles. The van der Waals surface area contributed by atoms with Gasteiger partial charge in [0, 0.05) is 6.20 Å². The number of aromatic nitrogens is 5. The summed E-state index contributed by atoms with van der Waals surface area (Å²) in [5.41, 5.74) is 3.49. The van der Waals surface area contributed by atoms with Crippen LogP contribution in [0.3, 0.4) is 0 Å². The number of fused-ring (bicyclic) bond motifs is 1. The fraction of sp³-hybridized carbons (Fsp3) is 0.231. The zero-order chi connectivity index (χ0) is 14.1. The third-order valence-corrected chi connectivity index (χ3v) is 3.47. The van der Waals surface area contributed by atoms with Crippen molar-refractivity contribution in [2.45, 2.75) is 13.5 Å². The number of imidazole rings is 1. The molecule has 102 valence electrons. The first-order valence-electron chi connectivity index (χ1n) is 6.08. The van der Waals surface area contributed by atoms with Gasteiger partial charge in [-0.15, -0.1) is 0 Å². The van der Waals surface area contributed by atoms with Gasteiger partial charge in [-0.3, -0.25) is 9.55 Å². The van der Waals surface area contributed by atoms with Gasteiger partial charge in [-0.25, -0.2) is 4.98 Å². The lowest BCUT2D eigenvalue weighted by molar-refractivity contribution is 0.401. The summed E-state index contributed by atoms with van der Waals surface area (Å²) in [5.74, 6) is 0.484. The minimum absolute atomic E-state index is 0.484. The van der Waals surface area contributed by atoms with Crippen molar-refractivity contribution in [1.82, 2.24) is 24.5 Å². The van der Waals surface area contributed by atoms with Crippen molar-refractivity contribution in [2.75, 3.05) is 7.11 Å². The summed E-state index contributed by atoms with van der Waals surface area (Å²) in [5, 5.41) is 0. The Balaban J connectivity index is 2.15. The monoisotopic (exact) mass is 287 g/mol. The summed E-state index contributed by atoms with van der Waals surface area (Å²) in [6, 6.07) is 3.94. The molecule has 0 fully saturated rings. The number of aryl methyl sites for hydroxylation is 1. The third-order valence-electron chi connectivity index (χ3n) is 3.14. The topological polar surface area (TPSA) is 68.6 Å². The van der Waals surface area contributed by atoms with Gasteiger partial charge in [0.05, 0.1) is 19.3 Å². The molecule has 0 aliphatic rings. The van der Waals surface area contributed by atoms with E-state index >= 15 is 0 Å². The maximum absolute atomic E-state index is 5.36. The van der Waals surface area contributed by atoms with Crippen molar-refractivity contribution >= 4 is 23.4 Å². The average molecular weight is 287 g/mol. The summed E-state index contributed by atoms with van der Waals surface area (Å²) in [4.78, 5) is 15.8. The van der Waals surface area contributed by atoms with Crippen molar-refractivity contribution < 1.29 is 4.74 Å². The molecule has 0 spiro atoms. The first kappa shape index (κ1) is 12.7. The summed E-state index contributed by atoms with van der Waals surface area (Å²) in [6.45, 7) is 2.59. The lowest BCUT2D eigenvalue weighted by Gasteiger charge is -2.06. The summed E-state index contributed by atoms with van der Waals surface area (Å²) >= 11 is 5.36. The highest BCUT2D eigenvalue weighted by Crippen LogP contribution is 2.21. The largest absolute Gasteiger partial charge is 0.479 e. The van der Waals surface area contributed by atoms with Gasteiger partial charge < -0.3 is 9.72 Å². The molecule has 0 aliphatic heterocycles. The van der Waals surface area contributed by atoms with Crippen molar-refractivity contribution in [3.63, 3.8) is 0 Å². The highest BCUT2D eigenvalue weighted by molar-refractivity contribution is 7.71. The van der Waals surface area contributed by atoms with Crippen molar-refractivity contribution in [1.29, 1.82) is 0 Å². The van der Waals surface area contributed by atoms with Crippen LogP contribution < -0.4 is 4.74 Å². The van der Waals surface area contributed by atoms with Crippen LogP contribution in [-0.2, 0) is 6.54 Å². The average Bonchev–Trinajstić information content (AvgIpc) is 2.77. The van der Waals surface area contributed by atoms with Gasteiger partial charge in [0.1, 0.15) is 11.8 Å². The number of nitrogens with one attached hydrogen (secondary N) is 1. The second kappa shape index (κ2) is 5.01. The molecule has 0 bridgehead atoms. The van der Waals surface area contributed by atoms with Crippen LogP contribution in [-0.4, -0.2) is 31.6 Å². The summed E-state index contributed by atoms with van der Waals surface area (Å²) < 4.78 is 7.68. The Hall–Kier alpha value is -2.28. The standard InChI is InChI=1S/C13H13N5OS/c1-8-4-3-5-14-9(8)6-18-11-10(17-13(18)20)12(19-2)16-7-15-11/h3-5,7H,6H2,1-2H3,(H,17,20). The molecule has 7 heteroatoms. The van der Waals surface area contributed by atoms with Crippen LogP contribution in [0.15, 0.2) is 24.7 Å². The molecule has 3 aromatic heterocycles. The Morgan fingerprint density at radius 3 is 2.95 bits per heavy atom. The highest BCUT2D eigenvalue weighted by Gasteiger charge is 2.12. The molecule has 0 saturated heterocycles. The Morgan fingerprint density at radius 2 is 2.20 bits per heavy atom. The molecular weight excluding hydrogens is 274 g/mol. The van der Waals surface area contributed by atoms with Gasteiger partial charge >= 0.3 is 0 Å². The maximum atomic E-state index is 5.36. The first-order valence-corrected chi connectivity index (χ1v) is 6.49. The predicted octanol–water partition coefficient (Wildman–Crippen LogP) is 2.25. The Labute approximate surface area is 120 Å². The fourth-order valence-electron chi connectivity index (χ4n) is 2.08. The number of H-pyrrole nitrogens is 1. The highest BCUT2D eigenvalue weighted by atomic mass is 32.1. The lowest BCUT2D eigenvalue weighted by atomic mass is 10.2. The normalized spacial score (nSPS) is 10.9. The minimum atomic E-state index is 0.484. The Kier molecular flexibility index (Phi) is 3.19. The van der Waals surface area contributed by atoms with Gasteiger partial charge in [0.15, 0.2) is 10.4 Å². The minimum Gasteiger partial charge on any atom is -0.479 e. The zero-order valence-corrected chi connectivity index (χ0v) is 11.9. The second-order valence-electron chi connectivity index (χ2n) is 4.36. The molecule has 0 aliphatic carbocycles. The molecule has 20 heavy (non-hydrogen) atoms. The number of pyridine rings is 1. The molecule has 0 saturated carbocycles. The molecule has 3 rings (SSSR count). The quantitative estimate of drug-likeness (QED) is 0.748. The van der Waals surface area contributed by atoms with Gasteiger partial charge in [-0.2, -0.15) is 4.98 Å². The van der Waals surface area contributed by atoms with Gasteiger partial charge in [0.25, 0.3) is 0 Å². The smallest absolute Gasteiger partial charge is 0.242 e. The van der Waals surface area contributed by atoms with Crippen LogP contribution in [0.1, 0.15) is 11.3 Å². The van der Waals surface area contributed by atoms with Gasteiger partial charge in [0.2, 0.25) is 5.88 Å². The molecule has 1 N–H and O–H groups in total. The molecule has 0 atom stereocenters. The molecule has 0 amide bonds. The van der Waals surface area contributed by atoms with E-state index in [-0.39, 0.29) is 0 Å². The summed E-state index contributed by atoms with van der Waals surface area (Å²) in [7, 11) is 1.57. The predicted molar refractivity (Wildman–Crippen MR) is 77.3 cm³/mol. The van der Waals surface area contributed by atoms with E-state index in [2.05, 4.69) is 19.9 Å². The van der Waals surface area contributed by atoms with Gasteiger partial charge in [-0.1, -0.05) is 6.07 Å². The van der Waals surface area contributed by atoms with E-state index in [9.17, 15) is 0 Å². The number of methoxy groups -OCH3 is 1. The van der Waals surface area contributed by atoms with Crippen molar-refractivity contribution in [3.05, 3.63) is 40.7 Å². The van der Waals surface area contributed by atoms with E-state index in [1.807, 2.05) is 23.6 Å². The van der Waals surface area contributed by atoms with Crippen LogP contribution in [0.25, 0.3) is 11.2 Å². The number of hydrogen-bond acceptors (Lipinski definition) is 5. The first-order chi connectivity index (χ1) is 9.70. The number of hydrogen-bond donors (Lipinski definition) is 1. The van der Waals surface area contributed by atoms with Crippen LogP contribution in [0.5, 0.6) is 5.88 Å². The second-order valence-corrected chi connectivity index (χ2v) is 4.75. The van der Waals surface area contributed by atoms with E-state index in [0.717, 1.165) is 11.3 Å². The van der Waals surface area contributed by atoms with Crippen LogP contribution in [0, 0.1) is 11.7 Å². The van der Waals surface area contributed by atoms with Crippen LogP contribution in [0.4, 0.5) is 0 Å². The molecular formula is C13H13N5OS. The van der Waals surface area contributed by atoms with Gasteiger partial charge in [-0.05, 0) is 30.8 Å². The van der Waals surface area contributed by atoms with E-state index in [4.69, 9.17) is 17.0 Å². The number of aromatic amines is 1. The lowest BCUT2D eigenvalue weighted by Crippen LogP contribution is -2.04. The fourth-order valence-corrected chi connectivity index (χ4v) is 2.33. The summed E-state index contributed by atoms with van der Waals surface area (Å²) in [6.07, 6.45) is 3.24. The van der Waals surface area contributed by atoms with E-state index in [1.54, 1.807) is 13.3 Å². The number of nitrogens with zero attached hydrogens (tertiary/aromatic N) is 4. The number of ether oxygens (including phenoxy) is 1. The van der Waals surface area contributed by atoms with Crippen LogP contribution in [0.2, 0.25) is 0 Å². The maximum Gasteiger partial charge on any atom is 0.242 e. The molecule has 6 nitrogen and oxygen atoms in total. The van der Waals surface area contributed by atoms with E-state index < -0.39 is 0 Å². The molecule has 0 radical (unpaired) electrons.